The highest BCUT2D eigenvalue weighted by atomic mass is 35.5. The van der Waals surface area contributed by atoms with Crippen molar-refractivity contribution in [3.05, 3.63) is 28.5 Å². The predicted octanol–water partition coefficient (Wildman–Crippen LogP) is 2.60. The maximum absolute atomic E-state index is 9.26. The van der Waals surface area contributed by atoms with Crippen LogP contribution in [0.4, 0.5) is 5.95 Å². The van der Waals surface area contributed by atoms with Gasteiger partial charge in [-0.05, 0) is 26.3 Å². The Hall–Kier alpha value is -1.57. The predicted molar refractivity (Wildman–Crippen MR) is 98.6 cm³/mol. The van der Waals surface area contributed by atoms with Crippen LogP contribution in [0.25, 0.3) is 0 Å². The van der Waals surface area contributed by atoms with Crippen LogP contribution >= 0.6 is 23.2 Å². The standard InChI is InChI=1S/C16H22Cl2N6O/c1-12-21-14(17)15(18)24(12)5-3-2-4-22-6-8-23(9-7-22)16-19-10-13(25)11-20-16/h10-11,25H,2-9H2,1H3. The summed E-state index contributed by atoms with van der Waals surface area (Å²) in [6.07, 6.45) is 5.00. The fourth-order valence-corrected chi connectivity index (χ4v) is 3.49. The molecule has 0 aromatic carbocycles. The Labute approximate surface area is 157 Å². The van der Waals surface area contributed by atoms with Crippen molar-refractivity contribution >= 4 is 29.2 Å². The summed E-state index contributed by atoms with van der Waals surface area (Å²) in [5.74, 6) is 1.63. The normalized spacial score (nSPS) is 15.7. The summed E-state index contributed by atoms with van der Waals surface area (Å²) in [6, 6.07) is 0. The largest absolute Gasteiger partial charge is 0.505 e. The fraction of sp³-hybridized carbons (Fsp3) is 0.562. The first-order valence-electron chi connectivity index (χ1n) is 8.41. The first kappa shape index (κ1) is 18.2. The van der Waals surface area contributed by atoms with E-state index >= 15 is 0 Å². The number of nitrogens with zero attached hydrogens (tertiary/aromatic N) is 6. The van der Waals surface area contributed by atoms with E-state index in [0.29, 0.717) is 16.3 Å². The van der Waals surface area contributed by atoms with E-state index in [2.05, 4.69) is 24.8 Å². The van der Waals surface area contributed by atoms with E-state index in [-0.39, 0.29) is 5.75 Å². The van der Waals surface area contributed by atoms with Crippen molar-refractivity contribution in [2.45, 2.75) is 26.3 Å². The van der Waals surface area contributed by atoms with Crippen molar-refractivity contribution in [3.63, 3.8) is 0 Å². The average Bonchev–Trinajstić information content (AvgIpc) is 2.86. The van der Waals surface area contributed by atoms with Gasteiger partial charge in [0.25, 0.3) is 0 Å². The second-order valence-corrected chi connectivity index (χ2v) is 6.89. The zero-order chi connectivity index (χ0) is 17.8. The van der Waals surface area contributed by atoms with Crippen LogP contribution in [0.5, 0.6) is 5.75 Å². The quantitative estimate of drug-likeness (QED) is 0.771. The SMILES string of the molecule is Cc1nc(Cl)c(Cl)n1CCCCN1CCN(c2ncc(O)cn2)CC1. The number of anilines is 1. The van der Waals surface area contributed by atoms with Gasteiger partial charge in [0.1, 0.15) is 11.0 Å². The van der Waals surface area contributed by atoms with Gasteiger partial charge in [-0.15, -0.1) is 0 Å². The van der Waals surface area contributed by atoms with Crippen LogP contribution < -0.4 is 4.90 Å². The first-order valence-corrected chi connectivity index (χ1v) is 9.16. The van der Waals surface area contributed by atoms with E-state index in [1.54, 1.807) is 0 Å². The molecule has 0 atom stereocenters. The van der Waals surface area contributed by atoms with Crippen LogP contribution in [-0.4, -0.2) is 62.2 Å². The number of aromatic hydroxyl groups is 1. The minimum atomic E-state index is 0.0944. The molecule has 7 nitrogen and oxygen atoms in total. The summed E-state index contributed by atoms with van der Waals surface area (Å²) >= 11 is 12.1. The van der Waals surface area contributed by atoms with Crippen LogP contribution in [0.15, 0.2) is 12.4 Å². The Morgan fingerprint density at radius 3 is 2.28 bits per heavy atom. The topological polar surface area (TPSA) is 70.3 Å². The molecule has 1 fully saturated rings. The van der Waals surface area contributed by atoms with Crippen LogP contribution in [0.2, 0.25) is 10.3 Å². The minimum Gasteiger partial charge on any atom is -0.505 e. The monoisotopic (exact) mass is 384 g/mol. The summed E-state index contributed by atoms with van der Waals surface area (Å²) < 4.78 is 1.96. The highest BCUT2D eigenvalue weighted by Crippen LogP contribution is 2.23. The molecule has 0 saturated carbocycles. The smallest absolute Gasteiger partial charge is 0.225 e. The van der Waals surface area contributed by atoms with Gasteiger partial charge in [0.05, 0.1) is 12.4 Å². The molecule has 0 amide bonds. The molecule has 0 spiro atoms. The lowest BCUT2D eigenvalue weighted by atomic mass is 10.2. The lowest BCUT2D eigenvalue weighted by Crippen LogP contribution is -2.47. The van der Waals surface area contributed by atoms with E-state index < -0.39 is 0 Å². The van der Waals surface area contributed by atoms with Crippen LogP contribution in [0.3, 0.4) is 0 Å². The molecule has 1 N–H and O–H groups in total. The number of unbranched alkanes of at least 4 members (excludes halogenated alkanes) is 1. The van der Waals surface area contributed by atoms with Crippen LogP contribution in [-0.2, 0) is 6.54 Å². The van der Waals surface area contributed by atoms with Crippen molar-refractivity contribution in [2.24, 2.45) is 0 Å². The molecule has 3 rings (SSSR count). The van der Waals surface area contributed by atoms with Crippen molar-refractivity contribution < 1.29 is 5.11 Å². The molecule has 0 bridgehead atoms. The van der Waals surface area contributed by atoms with Crippen LogP contribution in [0, 0.1) is 6.92 Å². The molecule has 1 aliphatic heterocycles. The number of hydrogen-bond acceptors (Lipinski definition) is 6. The molecule has 0 radical (unpaired) electrons. The summed E-state index contributed by atoms with van der Waals surface area (Å²) in [5.41, 5.74) is 0. The second kappa shape index (κ2) is 8.21. The summed E-state index contributed by atoms with van der Waals surface area (Å²) in [4.78, 5) is 17.1. The number of aryl methyl sites for hydroxylation is 1. The van der Waals surface area contributed by atoms with Crippen molar-refractivity contribution in [1.29, 1.82) is 0 Å². The molecule has 0 unspecified atom stereocenters. The van der Waals surface area contributed by atoms with Crippen LogP contribution in [0.1, 0.15) is 18.7 Å². The fourth-order valence-electron chi connectivity index (χ4n) is 3.02. The lowest BCUT2D eigenvalue weighted by molar-refractivity contribution is 0.250. The highest BCUT2D eigenvalue weighted by Gasteiger charge is 2.18. The zero-order valence-electron chi connectivity index (χ0n) is 14.2. The molecule has 9 heteroatoms. The maximum atomic E-state index is 9.26. The molecule has 2 aromatic heterocycles. The molecule has 0 aliphatic carbocycles. The molecule has 3 heterocycles. The van der Waals surface area contributed by atoms with Gasteiger partial charge in [0.2, 0.25) is 5.95 Å². The van der Waals surface area contributed by atoms with Crippen molar-refractivity contribution in [2.75, 3.05) is 37.6 Å². The van der Waals surface area contributed by atoms with Crippen molar-refractivity contribution in [1.82, 2.24) is 24.4 Å². The Kier molecular flexibility index (Phi) is 5.98. The van der Waals surface area contributed by atoms with Gasteiger partial charge in [-0.3, -0.25) is 4.90 Å². The lowest BCUT2D eigenvalue weighted by Gasteiger charge is -2.34. The van der Waals surface area contributed by atoms with E-state index in [4.69, 9.17) is 23.2 Å². The van der Waals surface area contributed by atoms with E-state index in [1.165, 1.54) is 12.4 Å². The maximum Gasteiger partial charge on any atom is 0.225 e. The van der Waals surface area contributed by atoms with E-state index in [1.807, 2.05) is 11.5 Å². The first-order chi connectivity index (χ1) is 12.0. The third-order valence-corrected chi connectivity index (χ3v) is 5.19. The highest BCUT2D eigenvalue weighted by molar-refractivity contribution is 6.40. The van der Waals surface area contributed by atoms with Gasteiger partial charge in [0, 0.05) is 32.7 Å². The second-order valence-electron chi connectivity index (χ2n) is 6.17. The molecular formula is C16H22Cl2N6O. The molecule has 2 aromatic rings. The van der Waals surface area contributed by atoms with Gasteiger partial charge < -0.3 is 14.6 Å². The van der Waals surface area contributed by atoms with Gasteiger partial charge >= 0.3 is 0 Å². The van der Waals surface area contributed by atoms with Gasteiger partial charge in [-0.1, -0.05) is 23.2 Å². The average molecular weight is 385 g/mol. The Morgan fingerprint density at radius 1 is 1.04 bits per heavy atom. The zero-order valence-corrected chi connectivity index (χ0v) is 15.7. The number of halogens is 2. The number of piperazine rings is 1. The van der Waals surface area contributed by atoms with Gasteiger partial charge in [-0.25, -0.2) is 15.0 Å². The third-order valence-electron chi connectivity index (χ3n) is 4.44. The van der Waals surface area contributed by atoms with E-state index in [0.717, 1.165) is 57.9 Å². The summed E-state index contributed by atoms with van der Waals surface area (Å²) in [5, 5.41) is 10.2. The van der Waals surface area contributed by atoms with E-state index in [9.17, 15) is 5.11 Å². The number of rotatable bonds is 6. The molecule has 1 aliphatic rings. The third kappa shape index (κ3) is 4.54. The van der Waals surface area contributed by atoms with Gasteiger partial charge in [-0.2, -0.15) is 0 Å². The number of aromatic nitrogens is 4. The van der Waals surface area contributed by atoms with Gasteiger partial charge in [0.15, 0.2) is 10.9 Å². The number of hydrogen-bond donors (Lipinski definition) is 1. The Bertz CT molecular complexity index is 697. The number of imidazole rings is 1. The Morgan fingerprint density at radius 2 is 1.68 bits per heavy atom. The minimum absolute atomic E-state index is 0.0944. The van der Waals surface area contributed by atoms with Crippen molar-refractivity contribution in [3.8, 4) is 5.75 Å². The Balaban J connectivity index is 1.39. The molecule has 136 valence electrons. The summed E-state index contributed by atoms with van der Waals surface area (Å²) in [7, 11) is 0. The molecule has 1 saturated heterocycles. The summed E-state index contributed by atoms with van der Waals surface area (Å²) in [6.45, 7) is 7.58. The molecule has 25 heavy (non-hydrogen) atoms. The molecular weight excluding hydrogens is 363 g/mol.